The second-order valence-corrected chi connectivity index (χ2v) is 5.71. The molecule has 0 radical (unpaired) electrons. The van der Waals surface area contributed by atoms with Crippen molar-refractivity contribution < 1.29 is 4.39 Å². The SMILES string of the molecule is Fc1cc(Nc2nc3cc(Cl)c(Cl)cc3[nH]2)cc2[nH]ccc12. The fraction of sp³-hybridized carbons (Fsp3) is 0. The first-order valence-electron chi connectivity index (χ1n) is 6.48. The van der Waals surface area contributed by atoms with Gasteiger partial charge in [-0.05, 0) is 30.3 Å². The van der Waals surface area contributed by atoms with Crippen LogP contribution in [0.2, 0.25) is 10.0 Å². The molecule has 4 nitrogen and oxygen atoms in total. The third kappa shape index (κ3) is 2.19. The van der Waals surface area contributed by atoms with Crippen molar-refractivity contribution in [1.82, 2.24) is 15.0 Å². The fourth-order valence-corrected chi connectivity index (χ4v) is 2.72. The summed E-state index contributed by atoms with van der Waals surface area (Å²) in [6.07, 6.45) is 1.70. The van der Waals surface area contributed by atoms with Gasteiger partial charge in [-0.25, -0.2) is 9.37 Å². The molecule has 0 aliphatic rings. The molecule has 7 heteroatoms. The lowest BCUT2D eigenvalue weighted by atomic mass is 10.2. The number of fused-ring (bicyclic) bond motifs is 2. The number of aromatic nitrogens is 3. The predicted octanol–water partition coefficient (Wildman–Crippen LogP) is 5.23. The zero-order valence-electron chi connectivity index (χ0n) is 11.0. The van der Waals surface area contributed by atoms with Crippen LogP contribution in [0.25, 0.3) is 21.9 Å². The second kappa shape index (κ2) is 4.90. The largest absolute Gasteiger partial charge is 0.361 e. The van der Waals surface area contributed by atoms with E-state index in [2.05, 4.69) is 20.3 Å². The Morgan fingerprint density at radius 1 is 1.05 bits per heavy atom. The summed E-state index contributed by atoms with van der Waals surface area (Å²) in [5.74, 6) is 0.182. The number of H-pyrrole nitrogens is 2. The first-order valence-corrected chi connectivity index (χ1v) is 7.24. The van der Waals surface area contributed by atoms with E-state index in [1.807, 2.05) is 6.07 Å². The highest BCUT2D eigenvalue weighted by atomic mass is 35.5. The molecule has 0 aliphatic heterocycles. The van der Waals surface area contributed by atoms with Gasteiger partial charge in [-0.3, -0.25) is 0 Å². The van der Waals surface area contributed by atoms with Crippen LogP contribution < -0.4 is 5.32 Å². The van der Waals surface area contributed by atoms with Gasteiger partial charge in [0, 0.05) is 17.3 Å². The topological polar surface area (TPSA) is 56.5 Å². The van der Waals surface area contributed by atoms with E-state index in [4.69, 9.17) is 23.2 Å². The highest BCUT2D eigenvalue weighted by molar-refractivity contribution is 6.42. The lowest BCUT2D eigenvalue weighted by molar-refractivity contribution is 0.640. The van der Waals surface area contributed by atoms with Gasteiger partial charge in [0.25, 0.3) is 0 Å². The van der Waals surface area contributed by atoms with Gasteiger partial charge in [0.1, 0.15) is 5.82 Å². The molecule has 110 valence electrons. The van der Waals surface area contributed by atoms with Crippen molar-refractivity contribution in [3.8, 4) is 0 Å². The van der Waals surface area contributed by atoms with Crippen LogP contribution in [-0.4, -0.2) is 15.0 Å². The summed E-state index contributed by atoms with van der Waals surface area (Å²) in [7, 11) is 0. The number of halogens is 3. The van der Waals surface area contributed by atoms with Gasteiger partial charge in [-0.15, -0.1) is 0 Å². The van der Waals surface area contributed by atoms with E-state index >= 15 is 0 Å². The third-order valence-electron chi connectivity index (χ3n) is 3.41. The molecule has 3 N–H and O–H groups in total. The van der Waals surface area contributed by atoms with Crippen LogP contribution in [0.4, 0.5) is 16.0 Å². The minimum Gasteiger partial charge on any atom is -0.361 e. The number of nitrogens with zero attached hydrogens (tertiary/aromatic N) is 1. The predicted molar refractivity (Wildman–Crippen MR) is 87.7 cm³/mol. The minimum absolute atomic E-state index is 0.302. The molecular weight excluding hydrogens is 326 g/mol. The van der Waals surface area contributed by atoms with Crippen molar-refractivity contribution in [3.63, 3.8) is 0 Å². The molecule has 22 heavy (non-hydrogen) atoms. The molecule has 0 bridgehead atoms. The van der Waals surface area contributed by atoms with E-state index in [1.54, 1.807) is 24.4 Å². The summed E-state index contributed by atoms with van der Waals surface area (Å²) < 4.78 is 14.0. The molecule has 0 saturated heterocycles. The minimum atomic E-state index is -0.302. The Bertz CT molecular complexity index is 967. The monoisotopic (exact) mass is 334 g/mol. The van der Waals surface area contributed by atoms with E-state index in [0.717, 1.165) is 5.52 Å². The Balaban J connectivity index is 1.75. The summed E-state index contributed by atoms with van der Waals surface area (Å²) in [5, 5.41) is 4.48. The summed E-state index contributed by atoms with van der Waals surface area (Å²) >= 11 is 11.9. The van der Waals surface area contributed by atoms with E-state index < -0.39 is 0 Å². The molecule has 4 aromatic rings. The van der Waals surface area contributed by atoms with Gasteiger partial charge in [-0.2, -0.15) is 0 Å². The molecule has 0 saturated carbocycles. The van der Waals surface area contributed by atoms with Crippen LogP contribution in [0.1, 0.15) is 0 Å². The van der Waals surface area contributed by atoms with Gasteiger partial charge < -0.3 is 15.3 Å². The van der Waals surface area contributed by atoms with Gasteiger partial charge in [-0.1, -0.05) is 23.2 Å². The van der Waals surface area contributed by atoms with Crippen molar-refractivity contribution in [2.75, 3.05) is 5.32 Å². The Labute approximate surface area is 134 Å². The van der Waals surface area contributed by atoms with Crippen molar-refractivity contribution in [2.45, 2.75) is 0 Å². The molecule has 0 spiro atoms. The normalized spacial score (nSPS) is 11.4. The maximum Gasteiger partial charge on any atom is 0.205 e. The number of benzene rings is 2. The molecule has 0 unspecified atom stereocenters. The Kier molecular flexibility index (Phi) is 2.99. The van der Waals surface area contributed by atoms with Crippen LogP contribution in [-0.2, 0) is 0 Å². The highest BCUT2D eigenvalue weighted by Gasteiger charge is 2.09. The molecule has 4 rings (SSSR count). The van der Waals surface area contributed by atoms with Crippen molar-refractivity contribution >= 4 is 56.8 Å². The summed E-state index contributed by atoms with van der Waals surface area (Å²) in [6.45, 7) is 0. The average molecular weight is 335 g/mol. The van der Waals surface area contributed by atoms with Crippen molar-refractivity contribution in [1.29, 1.82) is 0 Å². The smallest absolute Gasteiger partial charge is 0.205 e. The van der Waals surface area contributed by atoms with E-state index in [9.17, 15) is 4.39 Å². The number of aromatic amines is 2. The number of nitrogens with one attached hydrogen (secondary N) is 3. The Morgan fingerprint density at radius 2 is 1.86 bits per heavy atom. The van der Waals surface area contributed by atoms with E-state index in [0.29, 0.717) is 38.1 Å². The van der Waals surface area contributed by atoms with Crippen LogP contribution in [0.15, 0.2) is 36.5 Å². The number of imidazole rings is 1. The van der Waals surface area contributed by atoms with Crippen LogP contribution in [0, 0.1) is 5.82 Å². The maximum absolute atomic E-state index is 14.0. The average Bonchev–Trinajstić information content (AvgIpc) is 3.06. The van der Waals surface area contributed by atoms with Gasteiger partial charge in [0.15, 0.2) is 0 Å². The fourth-order valence-electron chi connectivity index (χ4n) is 2.39. The molecule has 0 atom stereocenters. The first kappa shape index (κ1) is 13.4. The highest BCUT2D eigenvalue weighted by Crippen LogP contribution is 2.29. The number of hydrogen-bond donors (Lipinski definition) is 3. The second-order valence-electron chi connectivity index (χ2n) is 4.89. The molecule has 2 heterocycles. The lowest BCUT2D eigenvalue weighted by Gasteiger charge is -2.03. The molecule has 0 fully saturated rings. The lowest BCUT2D eigenvalue weighted by Crippen LogP contribution is -1.93. The molecule has 0 aliphatic carbocycles. The number of hydrogen-bond acceptors (Lipinski definition) is 2. The van der Waals surface area contributed by atoms with Crippen LogP contribution in [0.5, 0.6) is 0 Å². The summed E-state index contributed by atoms with van der Waals surface area (Å²) in [5.41, 5.74) is 2.73. The van der Waals surface area contributed by atoms with Gasteiger partial charge >= 0.3 is 0 Å². The Hall–Kier alpha value is -2.24. The molecule has 2 aromatic carbocycles. The zero-order valence-corrected chi connectivity index (χ0v) is 12.6. The van der Waals surface area contributed by atoms with Crippen LogP contribution in [0.3, 0.4) is 0 Å². The molecule has 2 aromatic heterocycles. The van der Waals surface area contributed by atoms with Gasteiger partial charge in [0.05, 0.1) is 26.6 Å². The summed E-state index contributed by atoms with van der Waals surface area (Å²) in [4.78, 5) is 10.4. The maximum atomic E-state index is 14.0. The van der Waals surface area contributed by atoms with Gasteiger partial charge in [0.2, 0.25) is 5.95 Å². The quantitative estimate of drug-likeness (QED) is 0.470. The third-order valence-corrected chi connectivity index (χ3v) is 4.13. The van der Waals surface area contributed by atoms with Crippen molar-refractivity contribution in [3.05, 3.63) is 52.4 Å². The van der Waals surface area contributed by atoms with Crippen LogP contribution >= 0.6 is 23.2 Å². The zero-order chi connectivity index (χ0) is 15.3. The molecular formula is C15H9Cl2FN4. The van der Waals surface area contributed by atoms with E-state index in [-0.39, 0.29) is 5.82 Å². The van der Waals surface area contributed by atoms with Crippen molar-refractivity contribution in [2.24, 2.45) is 0 Å². The summed E-state index contributed by atoms with van der Waals surface area (Å²) in [6, 6.07) is 8.30. The standard InChI is InChI=1S/C15H9Cl2FN4/c16-9-5-13-14(6-10(9)17)22-15(21-13)20-7-3-11(18)8-1-2-19-12(8)4-7/h1-6,19H,(H2,20,21,22). The number of anilines is 2. The first-order chi connectivity index (χ1) is 10.6. The van der Waals surface area contributed by atoms with E-state index in [1.165, 1.54) is 6.07 Å². The Morgan fingerprint density at radius 3 is 2.73 bits per heavy atom. The number of rotatable bonds is 2. The molecule has 0 amide bonds.